The highest BCUT2D eigenvalue weighted by molar-refractivity contribution is 5.85. The van der Waals surface area contributed by atoms with Gasteiger partial charge in [-0.05, 0) is 19.3 Å². The van der Waals surface area contributed by atoms with Crippen molar-refractivity contribution in [3.05, 3.63) is 0 Å². The molecule has 0 aromatic rings. The number of nitrogens with zero attached hydrogens (tertiary/aromatic N) is 1. The van der Waals surface area contributed by atoms with E-state index in [2.05, 4.69) is 5.32 Å². The summed E-state index contributed by atoms with van der Waals surface area (Å²) in [7, 11) is 1.60. The van der Waals surface area contributed by atoms with Gasteiger partial charge in [0.05, 0.1) is 0 Å². The molecule has 86 valence electrons. The maximum absolute atomic E-state index is 11.9. The first-order chi connectivity index (χ1) is 7.15. The lowest BCUT2D eigenvalue weighted by atomic mass is 10.0. The summed E-state index contributed by atoms with van der Waals surface area (Å²) in [5.74, 6) is -0.130. The van der Waals surface area contributed by atoms with Gasteiger partial charge in [-0.2, -0.15) is 0 Å². The molecule has 1 heterocycles. The summed E-state index contributed by atoms with van der Waals surface area (Å²) in [5, 5.41) is 2.54. The highest BCUT2D eigenvalue weighted by Crippen LogP contribution is 2.14. The second-order valence-electron chi connectivity index (χ2n) is 4.16. The van der Waals surface area contributed by atoms with Gasteiger partial charge in [0.15, 0.2) is 0 Å². The van der Waals surface area contributed by atoms with Crippen LogP contribution < -0.4 is 5.32 Å². The smallest absolute Gasteiger partial charge is 0.225 e. The van der Waals surface area contributed by atoms with Crippen molar-refractivity contribution in [1.82, 2.24) is 10.2 Å². The fourth-order valence-electron chi connectivity index (χ4n) is 1.89. The Labute approximate surface area is 91.0 Å². The van der Waals surface area contributed by atoms with E-state index < -0.39 is 0 Å². The number of carbonyl (C=O) groups is 2. The number of rotatable bonds is 3. The first kappa shape index (κ1) is 12.0. The van der Waals surface area contributed by atoms with Gasteiger partial charge in [-0.15, -0.1) is 0 Å². The Morgan fingerprint density at radius 1 is 1.27 bits per heavy atom. The maximum Gasteiger partial charge on any atom is 0.225 e. The topological polar surface area (TPSA) is 49.4 Å². The fraction of sp³-hybridized carbons (Fsp3) is 0.818. The van der Waals surface area contributed by atoms with E-state index >= 15 is 0 Å². The first-order valence-corrected chi connectivity index (χ1v) is 5.64. The van der Waals surface area contributed by atoms with Crippen molar-refractivity contribution < 1.29 is 9.59 Å². The number of hydrogen-bond donors (Lipinski definition) is 1. The lowest BCUT2D eigenvalue weighted by Gasteiger charge is -2.29. The zero-order chi connectivity index (χ0) is 11.3. The van der Waals surface area contributed by atoms with Gasteiger partial charge in [0.25, 0.3) is 0 Å². The van der Waals surface area contributed by atoms with Crippen LogP contribution in [0.5, 0.6) is 0 Å². The van der Waals surface area contributed by atoms with Crippen molar-refractivity contribution in [2.75, 3.05) is 20.1 Å². The normalized spacial score (nSPS) is 18.4. The first-order valence-electron chi connectivity index (χ1n) is 5.64. The molecule has 0 aromatic carbocycles. The van der Waals surface area contributed by atoms with Crippen LogP contribution in [0.25, 0.3) is 0 Å². The van der Waals surface area contributed by atoms with Gasteiger partial charge in [-0.3, -0.25) is 9.59 Å². The molecule has 0 spiro atoms. The summed E-state index contributed by atoms with van der Waals surface area (Å²) >= 11 is 0. The second-order valence-corrected chi connectivity index (χ2v) is 4.16. The largest absolute Gasteiger partial charge is 0.359 e. The van der Waals surface area contributed by atoms with Gasteiger partial charge in [0.1, 0.15) is 0 Å². The van der Waals surface area contributed by atoms with Gasteiger partial charge in [0.2, 0.25) is 11.8 Å². The monoisotopic (exact) mass is 212 g/mol. The van der Waals surface area contributed by atoms with Crippen molar-refractivity contribution in [3.8, 4) is 0 Å². The Morgan fingerprint density at radius 2 is 1.87 bits per heavy atom. The minimum absolute atomic E-state index is 0.0622. The zero-order valence-electron chi connectivity index (χ0n) is 9.58. The van der Waals surface area contributed by atoms with Gasteiger partial charge in [0, 0.05) is 32.5 Å². The Bertz CT molecular complexity index is 235. The van der Waals surface area contributed by atoms with Crippen LogP contribution in [0.1, 0.15) is 32.6 Å². The molecule has 1 atom stereocenters. The molecule has 0 bridgehead atoms. The van der Waals surface area contributed by atoms with Crippen LogP contribution in [0.3, 0.4) is 0 Å². The number of likely N-dealkylation sites (tertiary alicyclic amines) is 1. The summed E-state index contributed by atoms with van der Waals surface area (Å²) in [6, 6.07) is 0. The highest BCUT2D eigenvalue weighted by atomic mass is 16.2. The number of amides is 2. The van der Waals surface area contributed by atoms with Gasteiger partial charge in [-0.1, -0.05) is 6.92 Å². The van der Waals surface area contributed by atoms with Gasteiger partial charge >= 0.3 is 0 Å². The molecule has 0 aromatic heterocycles. The average Bonchev–Trinajstić information content (AvgIpc) is 2.29. The van der Waals surface area contributed by atoms with Crippen LogP contribution in [-0.2, 0) is 9.59 Å². The van der Waals surface area contributed by atoms with E-state index in [9.17, 15) is 9.59 Å². The summed E-state index contributed by atoms with van der Waals surface area (Å²) in [6.45, 7) is 3.54. The molecule has 1 aliphatic heterocycles. The minimum atomic E-state index is -0.192. The summed E-state index contributed by atoms with van der Waals surface area (Å²) in [4.78, 5) is 24.9. The predicted octanol–water partition coefficient (Wildman–Crippen LogP) is 0.771. The van der Waals surface area contributed by atoms with Gasteiger partial charge in [-0.25, -0.2) is 0 Å². The molecule has 15 heavy (non-hydrogen) atoms. The number of nitrogens with one attached hydrogen (secondary N) is 1. The molecule has 1 N–H and O–H groups in total. The van der Waals surface area contributed by atoms with E-state index in [1.807, 2.05) is 11.8 Å². The number of carbonyl (C=O) groups excluding carboxylic acids is 2. The van der Waals surface area contributed by atoms with E-state index in [0.717, 1.165) is 25.9 Å². The Balaban J connectivity index is 2.40. The van der Waals surface area contributed by atoms with Crippen molar-refractivity contribution in [1.29, 1.82) is 0 Å². The Morgan fingerprint density at radius 3 is 2.40 bits per heavy atom. The molecular weight excluding hydrogens is 192 g/mol. The molecule has 4 nitrogen and oxygen atoms in total. The molecule has 4 heteroatoms. The fourth-order valence-corrected chi connectivity index (χ4v) is 1.89. The van der Waals surface area contributed by atoms with E-state index in [1.54, 1.807) is 7.05 Å². The summed E-state index contributed by atoms with van der Waals surface area (Å²) < 4.78 is 0. The minimum Gasteiger partial charge on any atom is -0.359 e. The quantitative estimate of drug-likeness (QED) is 0.751. The molecule has 1 rings (SSSR count). The summed E-state index contributed by atoms with van der Waals surface area (Å²) in [5.41, 5.74) is 0. The molecule has 1 saturated heterocycles. The average molecular weight is 212 g/mol. The Hall–Kier alpha value is -1.06. The van der Waals surface area contributed by atoms with Crippen LogP contribution >= 0.6 is 0 Å². The maximum atomic E-state index is 11.9. The van der Waals surface area contributed by atoms with Crippen LogP contribution in [0.15, 0.2) is 0 Å². The lowest BCUT2D eigenvalue weighted by molar-refractivity contribution is -0.138. The van der Waals surface area contributed by atoms with Crippen molar-refractivity contribution >= 4 is 11.8 Å². The SMILES string of the molecule is CNC(=O)C[C@H](C)C(=O)N1CCCCC1. The van der Waals surface area contributed by atoms with E-state index in [1.165, 1.54) is 6.42 Å². The molecule has 1 aliphatic rings. The lowest BCUT2D eigenvalue weighted by Crippen LogP contribution is -2.40. The number of hydrogen-bond acceptors (Lipinski definition) is 2. The molecule has 0 saturated carbocycles. The van der Waals surface area contributed by atoms with Crippen LogP contribution in [0, 0.1) is 5.92 Å². The highest BCUT2D eigenvalue weighted by Gasteiger charge is 2.23. The third-order valence-corrected chi connectivity index (χ3v) is 2.86. The summed E-state index contributed by atoms with van der Waals surface area (Å²) in [6.07, 6.45) is 3.70. The van der Waals surface area contributed by atoms with Crippen LogP contribution in [-0.4, -0.2) is 36.9 Å². The third-order valence-electron chi connectivity index (χ3n) is 2.86. The third kappa shape index (κ3) is 3.53. The Kier molecular flexibility index (Phi) is 4.59. The predicted molar refractivity (Wildman–Crippen MR) is 58.3 cm³/mol. The molecular formula is C11H20N2O2. The second kappa shape index (κ2) is 5.73. The number of piperidine rings is 1. The van der Waals surface area contributed by atoms with E-state index in [-0.39, 0.29) is 17.7 Å². The molecule has 2 amide bonds. The van der Waals surface area contributed by atoms with E-state index in [0.29, 0.717) is 6.42 Å². The molecule has 0 radical (unpaired) electrons. The van der Waals surface area contributed by atoms with Crippen LogP contribution in [0.4, 0.5) is 0 Å². The van der Waals surface area contributed by atoms with Gasteiger partial charge < -0.3 is 10.2 Å². The van der Waals surface area contributed by atoms with Crippen molar-refractivity contribution in [3.63, 3.8) is 0 Å². The molecule has 0 aliphatic carbocycles. The van der Waals surface area contributed by atoms with Crippen LogP contribution in [0.2, 0.25) is 0 Å². The molecule has 0 unspecified atom stereocenters. The van der Waals surface area contributed by atoms with Crippen molar-refractivity contribution in [2.45, 2.75) is 32.6 Å². The van der Waals surface area contributed by atoms with E-state index in [4.69, 9.17) is 0 Å². The zero-order valence-corrected chi connectivity index (χ0v) is 9.58. The van der Waals surface area contributed by atoms with Crippen molar-refractivity contribution in [2.24, 2.45) is 5.92 Å². The standard InChI is InChI=1S/C11H20N2O2/c1-9(8-10(14)12-2)11(15)13-6-4-3-5-7-13/h9H,3-8H2,1-2H3,(H,12,14)/t9-/m0/s1. The molecule has 1 fully saturated rings.